The van der Waals surface area contributed by atoms with Gasteiger partial charge in [0.25, 0.3) is 0 Å². The third-order valence-electron chi connectivity index (χ3n) is 4.72. The second-order valence-electron chi connectivity index (χ2n) is 8.11. The van der Waals surface area contributed by atoms with Crippen molar-refractivity contribution in [2.24, 2.45) is 5.41 Å². The van der Waals surface area contributed by atoms with Gasteiger partial charge in [-0.05, 0) is 23.1 Å². The molecule has 1 aliphatic rings. The topological polar surface area (TPSA) is 12.5 Å². The molecule has 0 N–H and O–H groups in total. The van der Waals surface area contributed by atoms with Gasteiger partial charge in [-0.1, -0.05) is 69.3 Å². The maximum absolute atomic E-state index is 6.58. The van der Waals surface area contributed by atoms with Crippen molar-refractivity contribution in [2.45, 2.75) is 39.2 Å². The van der Waals surface area contributed by atoms with Crippen LogP contribution >= 0.6 is 0 Å². The van der Waals surface area contributed by atoms with E-state index >= 15 is 0 Å². The molecule has 2 heteroatoms. The van der Waals surface area contributed by atoms with Crippen molar-refractivity contribution in [3.63, 3.8) is 0 Å². The molecule has 128 valence electrons. The quantitative estimate of drug-likeness (QED) is 0.776. The summed E-state index contributed by atoms with van der Waals surface area (Å²) in [5, 5.41) is 0. The Morgan fingerprint density at radius 1 is 0.875 bits per heavy atom. The van der Waals surface area contributed by atoms with Crippen molar-refractivity contribution in [3.05, 3.63) is 66.2 Å². The molecule has 2 aromatic rings. The minimum absolute atomic E-state index is 0.211. The van der Waals surface area contributed by atoms with E-state index in [-0.39, 0.29) is 5.60 Å². The number of hydrogen-bond acceptors (Lipinski definition) is 2. The molecule has 1 fully saturated rings. The van der Waals surface area contributed by atoms with Crippen molar-refractivity contribution in [1.82, 2.24) is 4.90 Å². The van der Waals surface area contributed by atoms with Gasteiger partial charge < -0.3 is 9.64 Å². The Kier molecular flexibility index (Phi) is 4.96. The predicted octanol–water partition coefficient (Wildman–Crippen LogP) is 5.10. The van der Waals surface area contributed by atoms with Gasteiger partial charge >= 0.3 is 0 Å². The fourth-order valence-corrected chi connectivity index (χ4v) is 3.65. The van der Waals surface area contributed by atoms with Crippen LogP contribution in [0.4, 0.5) is 0 Å². The number of benzene rings is 2. The van der Waals surface area contributed by atoms with Gasteiger partial charge in [0.15, 0.2) is 0 Å². The summed E-state index contributed by atoms with van der Waals surface area (Å²) in [5.74, 6) is 0.964. The van der Waals surface area contributed by atoms with Crippen molar-refractivity contribution in [1.29, 1.82) is 0 Å². The van der Waals surface area contributed by atoms with Crippen molar-refractivity contribution in [3.8, 4) is 5.75 Å². The molecule has 1 heterocycles. The SMILES string of the molecule is CC(C)(C)CN1CCC(Oc2ccccc2)(c2ccccc2)CC1. The fourth-order valence-electron chi connectivity index (χ4n) is 3.65. The van der Waals surface area contributed by atoms with E-state index in [1.807, 2.05) is 18.2 Å². The van der Waals surface area contributed by atoms with Gasteiger partial charge in [0, 0.05) is 32.5 Å². The summed E-state index contributed by atoms with van der Waals surface area (Å²) < 4.78 is 6.58. The summed E-state index contributed by atoms with van der Waals surface area (Å²) >= 11 is 0. The van der Waals surface area contributed by atoms with E-state index in [0.717, 1.165) is 38.2 Å². The number of para-hydroxylation sites is 1. The Morgan fingerprint density at radius 3 is 1.96 bits per heavy atom. The lowest BCUT2D eigenvalue weighted by Gasteiger charge is -2.43. The molecule has 0 amide bonds. The Morgan fingerprint density at radius 2 is 1.42 bits per heavy atom. The molecular weight excluding hydrogens is 294 g/mol. The first kappa shape index (κ1) is 17.0. The highest BCUT2D eigenvalue weighted by molar-refractivity contribution is 5.28. The maximum atomic E-state index is 6.58. The van der Waals surface area contributed by atoms with E-state index in [4.69, 9.17) is 4.74 Å². The molecule has 2 nitrogen and oxygen atoms in total. The third kappa shape index (κ3) is 4.18. The molecule has 24 heavy (non-hydrogen) atoms. The second-order valence-corrected chi connectivity index (χ2v) is 8.11. The number of nitrogens with zero attached hydrogens (tertiary/aromatic N) is 1. The lowest BCUT2D eigenvalue weighted by atomic mass is 9.83. The monoisotopic (exact) mass is 323 g/mol. The molecule has 1 aliphatic heterocycles. The maximum Gasteiger partial charge on any atom is 0.136 e. The van der Waals surface area contributed by atoms with Gasteiger partial charge in [-0.25, -0.2) is 0 Å². The first-order valence-corrected chi connectivity index (χ1v) is 8.99. The molecule has 0 unspecified atom stereocenters. The average Bonchev–Trinajstić information content (AvgIpc) is 2.57. The first-order valence-electron chi connectivity index (χ1n) is 8.99. The Labute approximate surface area is 146 Å². The summed E-state index contributed by atoms with van der Waals surface area (Å²) in [6.07, 6.45) is 2.06. The minimum Gasteiger partial charge on any atom is -0.482 e. The van der Waals surface area contributed by atoms with Gasteiger partial charge in [0.2, 0.25) is 0 Å². The van der Waals surface area contributed by atoms with Gasteiger partial charge in [-0.15, -0.1) is 0 Å². The zero-order valence-corrected chi connectivity index (χ0v) is 15.2. The van der Waals surface area contributed by atoms with Crippen LogP contribution in [0.25, 0.3) is 0 Å². The Bertz CT molecular complexity index is 622. The number of likely N-dealkylation sites (tertiary alicyclic amines) is 1. The highest BCUT2D eigenvalue weighted by atomic mass is 16.5. The molecule has 0 radical (unpaired) electrons. The molecule has 0 bridgehead atoms. The van der Waals surface area contributed by atoms with Gasteiger partial charge in [-0.3, -0.25) is 0 Å². The van der Waals surface area contributed by atoms with Gasteiger partial charge in [-0.2, -0.15) is 0 Å². The van der Waals surface area contributed by atoms with E-state index in [1.54, 1.807) is 0 Å². The molecular formula is C22H29NO. The predicted molar refractivity (Wildman–Crippen MR) is 100 cm³/mol. The van der Waals surface area contributed by atoms with Crippen molar-refractivity contribution < 1.29 is 4.74 Å². The second kappa shape index (κ2) is 6.98. The van der Waals surface area contributed by atoms with Crippen LogP contribution in [0.3, 0.4) is 0 Å². The normalized spacial score (nSPS) is 18.3. The highest BCUT2D eigenvalue weighted by Gasteiger charge is 2.39. The van der Waals surface area contributed by atoms with Crippen LogP contribution in [0.2, 0.25) is 0 Å². The molecule has 0 spiro atoms. The van der Waals surface area contributed by atoms with Gasteiger partial charge in [0.1, 0.15) is 11.4 Å². The van der Waals surface area contributed by atoms with Crippen LogP contribution in [0, 0.1) is 5.41 Å². The average molecular weight is 323 g/mol. The number of rotatable bonds is 4. The molecule has 0 saturated carbocycles. The fraction of sp³-hybridized carbons (Fsp3) is 0.455. The Balaban J connectivity index is 1.80. The van der Waals surface area contributed by atoms with Crippen LogP contribution in [-0.2, 0) is 5.60 Å². The van der Waals surface area contributed by atoms with Crippen LogP contribution in [0.1, 0.15) is 39.2 Å². The van der Waals surface area contributed by atoms with E-state index in [1.165, 1.54) is 5.56 Å². The van der Waals surface area contributed by atoms with E-state index in [0.29, 0.717) is 5.41 Å². The zero-order valence-electron chi connectivity index (χ0n) is 15.2. The highest BCUT2D eigenvalue weighted by Crippen LogP contribution is 2.38. The zero-order chi connectivity index (χ0) is 17.0. The van der Waals surface area contributed by atoms with Crippen molar-refractivity contribution in [2.75, 3.05) is 19.6 Å². The largest absolute Gasteiger partial charge is 0.482 e. The van der Waals surface area contributed by atoms with E-state index in [2.05, 4.69) is 68.1 Å². The summed E-state index contributed by atoms with van der Waals surface area (Å²) in [7, 11) is 0. The molecule has 2 aromatic carbocycles. The standard InChI is InChI=1S/C22H29NO/c1-21(2,3)18-23-16-14-22(15-17-23,19-10-6-4-7-11-19)24-20-12-8-5-9-13-20/h4-13H,14-18H2,1-3H3. The summed E-state index contributed by atoms with van der Waals surface area (Å²) in [6, 6.07) is 21.0. The van der Waals surface area contributed by atoms with Crippen molar-refractivity contribution >= 4 is 0 Å². The number of hydrogen-bond donors (Lipinski definition) is 0. The smallest absolute Gasteiger partial charge is 0.136 e. The summed E-state index contributed by atoms with van der Waals surface area (Å²) in [5.41, 5.74) is 1.42. The first-order chi connectivity index (χ1) is 11.5. The van der Waals surface area contributed by atoms with E-state index < -0.39 is 0 Å². The van der Waals surface area contributed by atoms with Crippen LogP contribution < -0.4 is 4.74 Å². The molecule has 0 atom stereocenters. The van der Waals surface area contributed by atoms with E-state index in [9.17, 15) is 0 Å². The number of ether oxygens (including phenoxy) is 1. The Hall–Kier alpha value is -1.80. The van der Waals surface area contributed by atoms with Gasteiger partial charge in [0.05, 0.1) is 0 Å². The third-order valence-corrected chi connectivity index (χ3v) is 4.72. The van der Waals surface area contributed by atoms with Crippen LogP contribution in [0.5, 0.6) is 5.75 Å². The molecule has 0 aliphatic carbocycles. The minimum atomic E-state index is -0.211. The number of piperidine rings is 1. The molecule has 3 rings (SSSR count). The summed E-state index contributed by atoms with van der Waals surface area (Å²) in [6.45, 7) is 10.2. The summed E-state index contributed by atoms with van der Waals surface area (Å²) in [4.78, 5) is 2.58. The van der Waals surface area contributed by atoms with Crippen LogP contribution in [-0.4, -0.2) is 24.5 Å². The molecule has 0 aromatic heterocycles. The lowest BCUT2D eigenvalue weighted by Crippen LogP contribution is -2.48. The molecule has 1 saturated heterocycles. The van der Waals surface area contributed by atoms with Crippen LogP contribution in [0.15, 0.2) is 60.7 Å². The lowest BCUT2D eigenvalue weighted by molar-refractivity contribution is -0.0102.